The van der Waals surface area contributed by atoms with E-state index in [1.54, 1.807) is 21.8 Å². The highest BCUT2D eigenvalue weighted by Crippen LogP contribution is 2.15. The van der Waals surface area contributed by atoms with Crippen molar-refractivity contribution in [2.75, 3.05) is 6.54 Å². The number of nitrogens with one attached hydrogen (secondary N) is 1. The van der Waals surface area contributed by atoms with E-state index in [4.69, 9.17) is 0 Å². The summed E-state index contributed by atoms with van der Waals surface area (Å²) < 4.78 is 5.04. The monoisotopic (exact) mass is 389 g/mol. The van der Waals surface area contributed by atoms with Crippen LogP contribution in [-0.4, -0.2) is 32.0 Å². The molecular formula is C11H13Br2N5O. The number of carbonyl (C=O) groups is 1. The number of hydrogen-bond donors (Lipinski definition) is 1. The van der Waals surface area contributed by atoms with Crippen molar-refractivity contribution in [1.29, 1.82) is 0 Å². The van der Waals surface area contributed by atoms with Gasteiger partial charge in [0.15, 0.2) is 0 Å². The maximum Gasteiger partial charge on any atom is 0.270 e. The molecule has 2 rings (SSSR count). The lowest BCUT2D eigenvalue weighted by Gasteiger charge is -2.07. The van der Waals surface area contributed by atoms with Gasteiger partial charge in [0.1, 0.15) is 5.69 Å². The maximum atomic E-state index is 12.1. The standard InChI is InChI=1S/C11H13Br2N5O/c1-2-18-10(9(13)6-16-18)11(19)14-3-4-17-7-8(12)5-15-17/h5-7H,2-4H2,1H3,(H,14,19). The molecule has 0 fully saturated rings. The summed E-state index contributed by atoms with van der Waals surface area (Å²) in [4.78, 5) is 12.1. The van der Waals surface area contributed by atoms with Gasteiger partial charge in [0.25, 0.3) is 5.91 Å². The number of hydrogen-bond acceptors (Lipinski definition) is 3. The lowest BCUT2D eigenvalue weighted by atomic mass is 10.4. The number of carbonyl (C=O) groups excluding carboxylic acids is 1. The maximum absolute atomic E-state index is 12.1. The second-order valence-electron chi connectivity index (χ2n) is 3.83. The normalized spacial score (nSPS) is 10.7. The summed E-state index contributed by atoms with van der Waals surface area (Å²) in [6.45, 7) is 3.72. The Morgan fingerprint density at radius 2 is 2.16 bits per heavy atom. The minimum atomic E-state index is -0.141. The highest BCUT2D eigenvalue weighted by molar-refractivity contribution is 9.10. The molecule has 2 aromatic rings. The van der Waals surface area contributed by atoms with E-state index < -0.39 is 0 Å². The number of nitrogens with zero attached hydrogens (tertiary/aromatic N) is 4. The fraction of sp³-hybridized carbons (Fsp3) is 0.364. The molecule has 0 aromatic carbocycles. The third-order valence-electron chi connectivity index (χ3n) is 2.54. The van der Waals surface area contributed by atoms with Crippen LogP contribution in [0.2, 0.25) is 0 Å². The van der Waals surface area contributed by atoms with Gasteiger partial charge in [-0.2, -0.15) is 10.2 Å². The Kier molecular flexibility index (Phi) is 4.76. The van der Waals surface area contributed by atoms with Crippen molar-refractivity contribution in [3.05, 3.63) is 33.2 Å². The van der Waals surface area contributed by atoms with Gasteiger partial charge >= 0.3 is 0 Å². The molecule has 0 aliphatic heterocycles. The number of rotatable bonds is 5. The summed E-state index contributed by atoms with van der Waals surface area (Å²) in [5.74, 6) is -0.141. The van der Waals surface area contributed by atoms with Gasteiger partial charge in [-0.3, -0.25) is 14.2 Å². The minimum Gasteiger partial charge on any atom is -0.349 e. The molecule has 0 aliphatic rings. The zero-order chi connectivity index (χ0) is 13.8. The first-order valence-electron chi connectivity index (χ1n) is 5.79. The van der Waals surface area contributed by atoms with Crippen LogP contribution in [0.4, 0.5) is 0 Å². The number of halogens is 2. The summed E-state index contributed by atoms with van der Waals surface area (Å²) in [5.41, 5.74) is 0.546. The number of aromatic nitrogens is 4. The molecule has 2 heterocycles. The molecule has 0 bridgehead atoms. The second-order valence-corrected chi connectivity index (χ2v) is 5.60. The first kappa shape index (κ1) is 14.3. The second kappa shape index (κ2) is 6.33. The van der Waals surface area contributed by atoms with Gasteiger partial charge < -0.3 is 5.32 Å². The van der Waals surface area contributed by atoms with Gasteiger partial charge in [-0.25, -0.2) is 0 Å². The molecule has 6 nitrogen and oxygen atoms in total. The van der Waals surface area contributed by atoms with Crippen LogP contribution < -0.4 is 5.32 Å². The van der Waals surface area contributed by atoms with Gasteiger partial charge in [-0.1, -0.05) is 0 Å². The van der Waals surface area contributed by atoms with Crippen molar-refractivity contribution in [3.63, 3.8) is 0 Å². The fourth-order valence-electron chi connectivity index (χ4n) is 1.66. The summed E-state index contributed by atoms with van der Waals surface area (Å²) in [5, 5.41) is 11.1. The summed E-state index contributed by atoms with van der Waals surface area (Å²) >= 11 is 6.66. The predicted octanol–water partition coefficient (Wildman–Crippen LogP) is 2.05. The van der Waals surface area contributed by atoms with E-state index in [9.17, 15) is 4.79 Å². The van der Waals surface area contributed by atoms with Crippen LogP contribution in [0.15, 0.2) is 27.5 Å². The van der Waals surface area contributed by atoms with Crippen molar-refractivity contribution >= 4 is 37.8 Å². The lowest BCUT2D eigenvalue weighted by molar-refractivity contribution is 0.0940. The Morgan fingerprint density at radius 1 is 1.37 bits per heavy atom. The SMILES string of the molecule is CCn1ncc(Br)c1C(=O)NCCn1cc(Br)cn1. The van der Waals surface area contributed by atoms with Crippen molar-refractivity contribution in [2.24, 2.45) is 0 Å². The van der Waals surface area contributed by atoms with E-state index in [-0.39, 0.29) is 5.91 Å². The Bertz CT molecular complexity index is 577. The Morgan fingerprint density at radius 3 is 2.79 bits per heavy atom. The first-order chi connectivity index (χ1) is 9.11. The molecule has 0 spiro atoms. The van der Waals surface area contributed by atoms with E-state index in [0.29, 0.717) is 29.8 Å². The predicted molar refractivity (Wildman–Crippen MR) is 77.9 cm³/mol. The van der Waals surface area contributed by atoms with Crippen molar-refractivity contribution in [1.82, 2.24) is 24.9 Å². The van der Waals surface area contributed by atoms with E-state index in [0.717, 1.165) is 4.47 Å². The quantitative estimate of drug-likeness (QED) is 0.849. The third kappa shape index (κ3) is 3.44. The van der Waals surface area contributed by atoms with Crippen LogP contribution in [0.1, 0.15) is 17.4 Å². The molecule has 0 radical (unpaired) electrons. The molecule has 8 heteroatoms. The van der Waals surface area contributed by atoms with E-state index >= 15 is 0 Å². The highest BCUT2D eigenvalue weighted by Gasteiger charge is 2.15. The largest absolute Gasteiger partial charge is 0.349 e. The molecule has 0 atom stereocenters. The van der Waals surface area contributed by atoms with Crippen LogP contribution in [0.5, 0.6) is 0 Å². The topological polar surface area (TPSA) is 64.7 Å². The Balaban J connectivity index is 1.92. The average molecular weight is 391 g/mol. The van der Waals surface area contributed by atoms with Crippen molar-refractivity contribution in [2.45, 2.75) is 20.0 Å². The third-order valence-corrected chi connectivity index (χ3v) is 3.53. The Hall–Kier alpha value is -1.15. The fourth-order valence-corrected chi connectivity index (χ4v) is 2.46. The molecule has 0 saturated heterocycles. The van der Waals surface area contributed by atoms with Crippen molar-refractivity contribution < 1.29 is 4.79 Å². The zero-order valence-corrected chi connectivity index (χ0v) is 13.5. The first-order valence-corrected chi connectivity index (χ1v) is 7.38. The molecule has 2 aromatic heterocycles. The number of aryl methyl sites for hydroxylation is 1. The van der Waals surface area contributed by atoms with Crippen molar-refractivity contribution in [3.8, 4) is 0 Å². The minimum absolute atomic E-state index is 0.141. The summed E-state index contributed by atoms with van der Waals surface area (Å²) in [7, 11) is 0. The lowest BCUT2D eigenvalue weighted by Crippen LogP contribution is -2.29. The molecule has 1 N–H and O–H groups in total. The summed E-state index contributed by atoms with van der Waals surface area (Å²) in [6, 6.07) is 0. The van der Waals surface area contributed by atoms with E-state index in [2.05, 4.69) is 47.4 Å². The van der Waals surface area contributed by atoms with Crippen LogP contribution >= 0.6 is 31.9 Å². The van der Waals surface area contributed by atoms with Gasteiger partial charge in [0.2, 0.25) is 0 Å². The van der Waals surface area contributed by atoms with E-state index in [1.165, 1.54) is 0 Å². The number of amides is 1. The van der Waals surface area contributed by atoms with Gasteiger partial charge in [-0.15, -0.1) is 0 Å². The molecular weight excluding hydrogens is 378 g/mol. The average Bonchev–Trinajstić information content (AvgIpc) is 2.95. The van der Waals surface area contributed by atoms with Crippen LogP contribution in [0, 0.1) is 0 Å². The zero-order valence-electron chi connectivity index (χ0n) is 10.3. The smallest absolute Gasteiger partial charge is 0.270 e. The molecule has 102 valence electrons. The van der Waals surface area contributed by atoms with Crippen LogP contribution in [-0.2, 0) is 13.1 Å². The highest BCUT2D eigenvalue weighted by atomic mass is 79.9. The van der Waals surface area contributed by atoms with Gasteiger partial charge in [-0.05, 0) is 38.8 Å². The molecule has 0 unspecified atom stereocenters. The van der Waals surface area contributed by atoms with Crippen LogP contribution in [0.3, 0.4) is 0 Å². The van der Waals surface area contributed by atoms with Crippen LogP contribution in [0.25, 0.3) is 0 Å². The molecule has 0 aliphatic carbocycles. The molecule has 1 amide bonds. The molecule has 19 heavy (non-hydrogen) atoms. The molecule has 0 saturated carbocycles. The van der Waals surface area contributed by atoms with Gasteiger partial charge in [0, 0.05) is 19.3 Å². The van der Waals surface area contributed by atoms with E-state index in [1.807, 2.05) is 13.1 Å². The Labute approximate surface area is 127 Å². The van der Waals surface area contributed by atoms with Gasteiger partial charge in [0.05, 0.1) is 27.9 Å². The summed E-state index contributed by atoms with van der Waals surface area (Å²) in [6.07, 6.45) is 5.20.